The highest BCUT2D eigenvalue weighted by molar-refractivity contribution is 8.05. The molecule has 0 heterocycles. The van der Waals surface area contributed by atoms with E-state index in [1.807, 2.05) is 0 Å². The average Bonchev–Trinajstić information content (AvgIpc) is 2.32. The molecule has 0 atom stereocenters. The minimum absolute atomic E-state index is 0.191. The van der Waals surface area contributed by atoms with Gasteiger partial charge >= 0.3 is 31.2 Å². The van der Waals surface area contributed by atoms with Crippen molar-refractivity contribution >= 4 is 31.2 Å². The highest BCUT2D eigenvalue weighted by Crippen LogP contribution is 2.35. The molecule has 1 aromatic carbocycles. The van der Waals surface area contributed by atoms with Crippen LogP contribution in [0.3, 0.4) is 0 Å². The van der Waals surface area contributed by atoms with Crippen LogP contribution in [0.15, 0.2) is 24.3 Å². The predicted octanol–water partition coefficient (Wildman–Crippen LogP) is 0.655. The molecule has 22 heavy (non-hydrogen) atoms. The number of halogens is 3. The summed E-state index contributed by atoms with van der Waals surface area (Å²) in [5.41, 5.74) is -0.496. The first-order valence-corrected chi connectivity index (χ1v) is 9.14. The van der Waals surface area contributed by atoms with Crippen LogP contribution in [-0.2, 0) is 37.8 Å². The van der Waals surface area contributed by atoms with Crippen LogP contribution in [0.4, 0.5) is 11.7 Å². The standard InChI is InChI=1S/C8H9F3NO7S3/c1-19-8-4-2-7(3-5-8)6-12(20(9,13)14,21(10,15)16)22(11,17)18/h2-5H,6H2,1H3/q+1. The number of rotatable bonds is 6. The van der Waals surface area contributed by atoms with Crippen molar-refractivity contribution in [1.29, 1.82) is 0 Å². The quantitative estimate of drug-likeness (QED) is 0.523. The average molecular weight is 384 g/mol. The van der Waals surface area contributed by atoms with E-state index < -0.39 is 46.0 Å². The zero-order chi connectivity index (χ0) is 17.4. The van der Waals surface area contributed by atoms with Gasteiger partial charge in [0.05, 0.1) is 9.81 Å². The Kier molecular flexibility index (Phi) is 4.82. The number of methoxy groups -OCH3 is 1. The zero-order valence-electron chi connectivity index (χ0n) is 10.7. The Morgan fingerprint density at radius 2 is 1.23 bits per heavy atom. The maximum absolute atomic E-state index is 13.2. The SMILES string of the molecule is COc1ccc(C[N+](S(=O)(=O)F)(S(=O)(=O)F)S(=O)(=O)F)cc1. The first-order valence-electron chi connectivity index (χ1n) is 5.11. The molecular weight excluding hydrogens is 375 g/mol. The van der Waals surface area contributed by atoms with Crippen LogP contribution in [-0.4, -0.2) is 35.1 Å². The molecule has 0 spiro atoms. The topological polar surface area (TPSA) is 112 Å². The van der Waals surface area contributed by atoms with E-state index in [0.29, 0.717) is 0 Å². The van der Waals surface area contributed by atoms with E-state index in [4.69, 9.17) is 4.74 Å². The third kappa shape index (κ3) is 3.18. The molecular formula is C8H9F3NO7S3+. The van der Waals surface area contributed by atoms with Crippen molar-refractivity contribution in [3.05, 3.63) is 29.8 Å². The van der Waals surface area contributed by atoms with E-state index >= 15 is 0 Å². The molecule has 0 amide bonds. The third-order valence-electron chi connectivity index (χ3n) is 2.53. The molecule has 8 nitrogen and oxygen atoms in total. The lowest BCUT2D eigenvalue weighted by Crippen LogP contribution is -2.54. The highest BCUT2D eigenvalue weighted by Gasteiger charge is 2.67. The van der Waals surface area contributed by atoms with E-state index in [0.717, 1.165) is 24.3 Å². The van der Waals surface area contributed by atoms with Crippen molar-refractivity contribution in [3.63, 3.8) is 0 Å². The Labute approximate surface area is 125 Å². The first-order chi connectivity index (χ1) is 9.76. The number of hydrogen-bond acceptors (Lipinski definition) is 7. The smallest absolute Gasteiger partial charge is 0.497 e. The van der Waals surface area contributed by atoms with Crippen LogP contribution < -0.4 is 4.74 Å². The van der Waals surface area contributed by atoms with Crippen LogP contribution in [0.25, 0.3) is 0 Å². The van der Waals surface area contributed by atoms with E-state index in [-0.39, 0.29) is 5.75 Å². The van der Waals surface area contributed by atoms with Crippen molar-refractivity contribution in [2.24, 2.45) is 0 Å². The van der Waals surface area contributed by atoms with Crippen molar-refractivity contribution in [2.45, 2.75) is 6.54 Å². The lowest BCUT2D eigenvalue weighted by Gasteiger charge is -2.21. The minimum Gasteiger partial charge on any atom is -0.497 e. The van der Waals surface area contributed by atoms with E-state index in [2.05, 4.69) is 0 Å². The van der Waals surface area contributed by atoms with Crippen molar-refractivity contribution in [3.8, 4) is 5.75 Å². The summed E-state index contributed by atoms with van der Waals surface area (Å²) in [5, 5.41) is 0. The predicted molar refractivity (Wildman–Crippen MR) is 67.0 cm³/mol. The van der Waals surface area contributed by atoms with Gasteiger partial charge in [0.25, 0.3) is 0 Å². The lowest BCUT2D eigenvalue weighted by molar-refractivity contribution is -0.555. The largest absolute Gasteiger partial charge is 0.509 e. The van der Waals surface area contributed by atoms with Crippen molar-refractivity contribution in [2.75, 3.05) is 7.11 Å². The van der Waals surface area contributed by atoms with Crippen LogP contribution in [0.2, 0.25) is 0 Å². The fourth-order valence-electron chi connectivity index (χ4n) is 1.50. The number of nitrogens with zero attached hydrogens (tertiary/aromatic N) is 1. The van der Waals surface area contributed by atoms with Gasteiger partial charge < -0.3 is 4.74 Å². The molecule has 1 rings (SSSR count). The van der Waals surface area contributed by atoms with E-state index in [9.17, 15) is 36.9 Å². The normalized spacial score (nSPS) is 13.8. The number of quaternary nitrogens is 1. The number of hydrogen-bond donors (Lipinski definition) is 0. The van der Waals surface area contributed by atoms with Gasteiger partial charge in [0, 0.05) is 5.56 Å². The second kappa shape index (κ2) is 5.68. The number of ether oxygens (including phenoxy) is 1. The summed E-state index contributed by atoms with van der Waals surface area (Å²) in [4.78, 5) is 0. The van der Waals surface area contributed by atoms with Gasteiger partial charge in [0.15, 0.2) is 6.54 Å². The fraction of sp³-hybridized carbons (Fsp3) is 0.250. The second-order valence-corrected chi connectivity index (χ2v) is 8.89. The molecule has 0 bridgehead atoms. The van der Waals surface area contributed by atoms with Crippen molar-refractivity contribution in [1.82, 2.24) is 0 Å². The van der Waals surface area contributed by atoms with Gasteiger partial charge in [-0.15, -0.1) is 25.3 Å². The zero-order valence-corrected chi connectivity index (χ0v) is 13.1. The van der Waals surface area contributed by atoms with Crippen LogP contribution in [0, 0.1) is 0 Å². The molecule has 126 valence electrons. The minimum atomic E-state index is -6.78. The van der Waals surface area contributed by atoms with Gasteiger partial charge in [-0.3, -0.25) is 0 Å². The Balaban J connectivity index is 3.65. The Bertz CT molecular complexity index is 783. The molecule has 0 aliphatic carbocycles. The highest BCUT2D eigenvalue weighted by atomic mass is 32.4. The second-order valence-electron chi connectivity index (χ2n) is 3.85. The van der Waals surface area contributed by atoms with Crippen LogP contribution in [0.1, 0.15) is 5.56 Å². The Hall–Kier alpha value is -1.38. The number of benzene rings is 1. The summed E-state index contributed by atoms with van der Waals surface area (Å²) in [6.07, 6.45) is 0. The van der Waals surface area contributed by atoms with Gasteiger partial charge in [0.1, 0.15) is 5.75 Å². The first kappa shape index (κ1) is 18.7. The molecule has 0 aliphatic rings. The molecule has 0 unspecified atom stereocenters. The van der Waals surface area contributed by atoms with Gasteiger partial charge in [-0.2, -0.15) is 0 Å². The van der Waals surface area contributed by atoms with Crippen LogP contribution >= 0.6 is 0 Å². The lowest BCUT2D eigenvalue weighted by atomic mass is 10.2. The van der Waals surface area contributed by atoms with Crippen LogP contribution in [0.5, 0.6) is 5.75 Å². The Morgan fingerprint density at radius 1 is 0.864 bits per heavy atom. The van der Waals surface area contributed by atoms with E-state index in [1.54, 1.807) is 0 Å². The maximum atomic E-state index is 13.2. The van der Waals surface area contributed by atoms with Gasteiger partial charge in [-0.1, -0.05) is 11.7 Å². The van der Waals surface area contributed by atoms with Crippen molar-refractivity contribution < 1.29 is 44.3 Å². The summed E-state index contributed by atoms with van der Waals surface area (Å²) in [7, 11) is -19.1. The summed E-state index contributed by atoms with van der Waals surface area (Å²) in [6, 6.07) is 4.05. The molecule has 0 N–H and O–H groups in total. The molecule has 14 heteroatoms. The van der Waals surface area contributed by atoms with Gasteiger partial charge in [-0.25, -0.2) is 0 Å². The fourth-order valence-corrected chi connectivity index (χ4v) is 4.97. The third-order valence-corrected chi connectivity index (χ3v) is 8.12. The monoisotopic (exact) mass is 384 g/mol. The summed E-state index contributed by atoms with van der Waals surface area (Å²) in [5.74, 6) is 0.191. The molecule has 0 aromatic heterocycles. The van der Waals surface area contributed by atoms with Gasteiger partial charge in [0.2, 0.25) is 0 Å². The molecule has 0 saturated carbocycles. The summed E-state index contributed by atoms with van der Waals surface area (Å²) >= 11 is 0. The summed E-state index contributed by atoms with van der Waals surface area (Å²) < 4.78 is 106. The summed E-state index contributed by atoms with van der Waals surface area (Å²) in [6.45, 7) is -1.87. The molecule has 0 aliphatic heterocycles. The van der Waals surface area contributed by atoms with Gasteiger partial charge in [-0.05, 0) is 24.3 Å². The molecule has 0 radical (unpaired) electrons. The molecule has 1 aromatic rings. The maximum Gasteiger partial charge on any atom is 0.509 e. The molecule has 0 fully saturated rings. The Morgan fingerprint density at radius 3 is 1.50 bits per heavy atom. The van der Waals surface area contributed by atoms with E-state index in [1.165, 1.54) is 7.11 Å². The molecule has 0 saturated heterocycles.